The molecule has 2 aromatic heterocycles. The van der Waals surface area contributed by atoms with Crippen LogP contribution in [0.25, 0.3) is 17.1 Å². The minimum Gasteiger partial charge on any atom is -0.298 e. The molecule has 0 aliphatic rings. The van der Waals surface area contributed by atoms with Crippen LogP contribution in [0, 0.1) is 11.3 Å². The van der Waals surface area contributed by atoms with Crippen molar-refractivity contribution in [1.82, 2.24) is 14.5 Å². The lowest BCUT2D eigenvalue weighted by atomic mass is 10.2. The summed E-state index contributed by atoms with van der Waals surface area (Å²) in [5.41, 5.74) is 1.65. The summed E-state index contributed by atoms with van der Waals surface area (Å²) in [6, 6.07) is 11.6. The maximum Gasteiger partial charge on any atom is 0.238 e. The molecule has 23 heavy (non-hydrogen) atoms. The second-order valence-electron chi connectivity index (χ2n) is 4.71. The Morgan fingerprint density at radius 2 is 1.91 bits per heavy atom. The molecular weight excluding hydrogens is 314 g/mol. The zero-order valence-electron chi connectivity index (χ0n) is 11.8. The smallest absolute Gasteiger partial charge is 0.238 e. The highest BCUT2D eigenvalue weighted by atomic mass is 32.2. The number of rotatable bonds is 3. The summed E-state index contributed by atoms with van der Waals surface area (Å²) in [5, 5.41) is 14.2. The Morgan fingerprint density at radius 1 is 1.17 bits per heavy atom. The molecule has 0 aliphatic carbocycles. The molecule has 1 aromatic carbocycles. The number of nitrogens with two attached hydrogens (primary N) is 1. The van der Waals surface area contributed by atoms with Gasteiger partial charge in [0.05, 0.1) is 4.90 Å². The highest BCUT2D eigenvalue weighted by molar-refractivity contribution is 7.89. The van der Waals surface area contributed by atoms with Gasteiger partial charge in [0.2, 0.25) is 10.0 Å². The molecule has 0 bridgehead atoms. The van der Waals surface area contributed by atoms with Crippen LogP contribution >= 0.6 is 0 Å². The van der Waals surface area contributed by atoms with E-state index >= 15 is 0 Å². The van der Waals surface area contributed by atoms with Crippen LogP contribution in [0.5, 0.6) is 0 Å². The molecule has 8 heteroatoms. The SMILES string of the molecule is N#Cc1cn(-c2ccc(S(N)(=O)=O)cc2)c(-c2cccnc2)n1. The molecule has 114 valence electrons. The quantitative estimate of drug-likeness (QED) is 0.782. The normalized spacial score (nSPS) is 11.1. The average molecular weight is 325 g/mol. The zero-order chi connectivity index (χ0) is 16.4. The number of hydrogen-bond acceptors (Lipinski definition) is 5. The second kappa shape index (κ2) is 5.64. The van der Waals surface area contributed by atoms with Gasteiger partial charge in [-0.05, 0) is 36.4 Å². The van der Waals surface area contributed by atoms with Gasteiger partial charge < -0.3 is 0 Å². The van der Waals surface area contributed by atoms with Gasteiger partial charge in [-0.15, -0.1) is 0 Å². The lowest BCUT2D eigenvalue weighted by Gasteiger charge is -2.08. The predicted molar refractivity (Wildman–Crippen MR) is 82.9 cm³/mol. The van der Waals surface area contributed by atoms with Gasteiger partial charge >= 0.3 is 0 Å². The maximum absolute atomic E-state index is 11.3. The molecular formula is C15H11N5O2S. The summed E-state index contributed by atoms with van der Waals surface area (Å²) >= 11 is 0. The van der Waals surface area contributed by atoms with Gasteiger partial charge in [-0.3, -0.25) is 9.55 Å². The fourth-order valence-electron chi connectivity index (χ4n) is 2.13. The Morgan fingerprint density at radius 3 is 2.48 bits per heavy atom. The number of nitrogens with zero attached hydrogens (tertiary/aromatic N) is 4. The number of benzene rings is 1. The van der Waals surface area contributed by atoms with Gasteiger partial charge in [0.25, 0.3) is 0 Å². The van der Waals surface area contributed by atoms with Crippen LogP contribution in [0.2, 0.25) is 0 Å². The fraction of sp³-hybridized carbons (Fsp3) is 0. The van der Waals surface area contributed by atoms with E-state index in [1.165, 1.54) is 12.1 Å². The number of primary sulfonamides is 1. The fourth-order valence-corrected chi connectivity index (χ4v) is 2.64. The maximum atomic E-state index is 11.3. The summed E-state index contributed by atoms with van der Waals surface area (Å²) < 4.78 is 24.4. The summed E-state index contributed by atoms with van der Waals surface area (Å²) in [5.74, 6) is 0.540. The Labute approximate surface area is 132 Å². The molecule has 2 N–H and O–H groups in total. The minimum absolute atomic E-state index is 0.0183. The van der Waals surface area contributed by atoms with Crippen LogP contribution in [0.1, 0.15) is 5.69 Å². The van der Waals surface area contributed by atoms with Gasteiger partial charge in [0.15, 0.2) is 5.69 Å². The van der Waals surface area contributed by atoms with Gasteiger partial charge in [-0.2, -0.15) is 5.26 Å². The van der Waals surface area contributed by atoms with Gasteiger partial charge in [0.1, 0.15) is 11.9 Å². The topological polar surface area (TPSA) is 115 Å². The number of nitriles is 1. The third-order valence-corrected chi connectivity index (χ3v) is 4.11. The first-order chi connectivity index (χ1) is 11.0. The van der Waals surface area contributed by atoms with E-state index in [1.807, 2.05) is 12.1 Å². The monoisotopic (exact) mass is 325 g/mol. The van der Waals surface area contributed by atoms with E-state index < -0.39 is 10.0 Å². The Bertz CT molecular complexity index is 987. The molecule has 0 unspecified atom stereocenters. The summed E-state index contributed by atoms with van der Waals surface area (Å²) in [7, 11) is -3.75. The molecule has 0 radical (unpaired) electrons. The van der Waals surface area contributed by atoms with Crippen molar-refractivity contribution in [2.75, 3.05) is 0 Å². The first-order valence-electron chi connectivity index (χ1n) is 6.52. The van der Waals surface area contributed by atoms with Crippen molar-refractivity contribution in [1.29, 1.82) is 5.26 Å². The standard InChI is InChI=1S/C15H11N5O2S/c16-8-12-10-20(15(19-12)11-2-1-7-18-9-11)13-3-5-14(6-4-13)23(17,21)22/h1-7,9-10H,(H2,17,21,22). The number of imidazole rings is 1. The van der Waals surface area contributed by atoms with Crippen LogP contribution in [0.3, 0.4) is 0 Å². The van der Waals surface area contributed by atoms with Crippen molar-refractivity contribution < 1.29 is 8.42 Å². The van der Waals surface area contributed by atoms with Crippen LogP contribution < -0.4 is 5.14 Å². The minimum atomic E-state index is -3.75. The largest absolute Gasteiger partial charge is 0.298 e. The van der Waals surface area contributed by atoms with E-state index in [4.69, 9.17) is 10.4 Å². The molecule has 0 saturated heterocycles. The highest BCUT2D eigenvalue weighted by Gasteiger charge is 2.13. The van der Waals surface area contributed by atoms with Crippen molar-refractivity contribution in [2.24, 2.45) is 5.14 Å². The zero-order valence-corrected chi connectivity index (χ0v) is 12.6. The van der Waals surface area contributed by atoms with Gasteiger partial charge in [-0.25, -0.2) is 18.5 Å². The molecule has 3 rings (SSSR count). The van der Waals surface area contributed by atoms with Gasteiger partial charge in [0, 0.05) is 29.8 Å². The van der Waals surface area contributed by atoms with Crippen molar-refractivity contribution in [3.63, 3.8) is 0 Å². The molecule has 0 amide bonds. The summed E-state index contributed by atoms with van der Waals surface area (Å²) in [4.78, 5) is 8.33. The predicted octanol–water partition coefficient (Wildman–Crippen LogP) is 1.45. The number of pyridine rings is 1. The van der Waals surface area contributed by atoms with Crippen LogP contribution in [0.4, 0.5) is 0 Å². The molecule has 0 spiro atoms. The Kier molecular flexibility index (Phi) is 3.65. The lowest BCUT2D eigenvalue weighted by Crippen LogP contribution is -2.12. The molecule has 0 fully saturated rings. The highest BCUT2D eigenvalue weighted by Crippen LogP contribution is 2.23. The molecule has 0 atom stereocenters. The number of sulfonamides is 1. The van der Waals surface area contributed by atoms with Crippen molar-refractivity contribution in [2.45, 2.75) is 4.90 Å². The molecule has 3 aromatic rings. The van der Waals surface area contributed by atoms with Crippen LogP contribution in [0.15, 0.2) is 59.9 Å². The van der Waals surface area contributed by atoms with E-state index in [-0.39, 0.29) is 10.6 Å². The van der Waals surface area contributed by atoms with Crippen molar-refractivity contribution >= 4 is 10.0 Å². The van der Waals surface area contributed by atoms with Crippen molar-refractivity contribution in [3.05, 3.63) is 60.7 Å². The molecule has 7 nitrogen and oxygen atoms in total. The number of aromatic nitrogens is 3. The van der Waals surface area contributed by atoms with E-state index in [1.54, 1.807) is 41.4 Å². The molecule has 2 heterocycles. The van der Waals surface area contributed by atoms with Crippen molar-refractivity contribution in [3.8, 4) is 23.1 Å². The summed E-state index contributed by atoms with van der Waals surface area (Å²) in [6.45, 7) is 0. The van der Waals surface area contributed by atoms with Crippen LogP contribution in [-0.4, -0.2) is 23.0 Å². The first kappa shape index (κ1) is 14.9. The lowest BCUT2D eigenvalue weighted by molar-refractivity contribution is 0.598. The van der Waals surface area contributed by atoms with E-state index in [9.17, 15) is 8.42 Å². The first-order valence-corrected chi connectivity index (χ1v) is 8.07. The average Bonchev–Trinajstić information content (AvgIpc) is 2.99. The van der Waals surface area contributed by atoms with E-state index in [2.05, 4.69) is 9.97 Å². The second-order valence-corrected chi connectivity index (χ2v) is 6.27. The van der Waals surface area contributed by atoms with E-state index in [0.717, 1.165) is 5.56 Å². The Balaban J connectivity index is 2.13. The third kappa shape index (κ3) is 2.96. The van der Waals surface area contributed by atoms with Gasteiger partial charge in [-0.1, -0.05) is 0 Å². The Hall–Kier alpha value is -3.02. The number of hydrogen-bond donors (Lipinski definition) is 1. The molecule has 0 saturated carbocycles. The van der Waals surface area contributed by atoms with E-state index in [0.29, 0.717) is 11.5 Å². The third-order valence-electron chi connectivity index (χ3n) is 3.18. The van der Waals surface area contributed by atoms with Crippen LogP contribution in [-0.2, 0) is 10.0 Å². The molecule has 0 aliphatic heterocycles. The summed E-state index contributed by atoms with van der Waals surface area (Å²) in [6.07, 6.45) is 4.86.